The first kappa shape index (κ1) is 24.6. The van der Waals surface area contributed by atoms with E-state index in [4.69, 9.17) is 25.8 Å². The first-order valence-corrected chi connectivity index (χ1v) is 12.2. The maximum atomic E-state index is 13.0. The molecule has 3 unspecified atom stereocenters. The molecule has 2 fully saturated rings. The highest BCUT2D eigenvalue weighted by Crippen LogP contribution is 2.39. The molecule has 34 heavy (non-hydrogen) atoms. The van der Waals surface area contributed by atoms with Crippen LogP contribution in [0, 0.1) is 5.92 Å². The molecule has 0 saturated carbocycles. The third-order valence-corrected chi connectivity index (χ3v) is 7.30. The summed E-state index contributed by atoms with van der Waals surface area (Å²) in [5, 5.41) is 3.34. The Morgan fingerprint density at radius 3 is 2.79 bits per heavy atom. The van der Waals surface area contributed by atoms with Crippen molar-refractivity contribution >= 4 is 29.3 Å². The highest BCUT2D eigenvalue weighted by Gasteiger charge is 2.47. The highest BCUT2D eigenvalue weighted by atomic mass is 35.5. The molecule has 184 valence electrons. The summed E-state index contributed by atoms with van der Waals surface area (Å²) in [4.78, 5) is 26.7. The van der Waals surface area contributed by atoms with Crippen LogP contribution in [-0.2, 0) is 20.7 Å². The van der Waals surface area contributed by atoms with E-state index in [1.165, 1.54) is 0 Å². The van der Waals surface area contributed by atoms with E-state index < -0.39 is 0 Å². The van der Waals surface area contributed by atoms with E-state index in [2.05, 4.69) is 31.3 Å². The van der Waals surface area contributed by atoms with Crippen molar-refractivity contribution in [2.45, 2.75) is 70.3 Å². The zero-order chi connectivity index (χ0) is 24.4. The summed E-state index contributed by atoms with van der Waals surface area (Å²) >= 11 is 6.57. The Morgan fingerprint density at radius 1 is 1.24 bits per heavy atom. The number of epoxide rings is 1. The summed E-state index contributed by atoms with van der Waals surface area (Å²) in [7, 11) is 3.32. The molecule has 1 aromatic carbocycles. The molecule has 7 nitrogen and oxygen atoms in total. The second-order valence-corrected chi connectivity index (χ2v) is 9.87. The minimum atomic E-state index is -0.377. The summed E-state index contributed by atoms with van der Waals surface area (Å²) in [6.07, 6.45) is 8.67. The average molecular weight is 489 g/mol. The average Bonchev–Trinajstić information content (AvgIpc) is 3.59. The van der Waals surface area contributed by atoms with E-state index in [0.717, 1.165) is 24.0 Å². The number of anilines is 1. The molecule has 1 aromatic rings. The molecular weight excluding hydrogens is 456 g/mol. The molecule has 4 rings (SSSR count). The Balaban J connectivity index is 1.61. The van der Waals surface area contributed by atoms with Crippen LogP contribution in [0.2, 0.25) is 5.02 Å². The molecule has 0 spiro atoms. The third kappa shape index (κ3) is 5.58. The van der Waals surface area contributed by atoms with Gasteiger partial charge in [-0.3, -0.25) is 4.79 Å². The standard InChI is InChI=1S/C26H33ClN2O5/c1-15-7-5-6-8-18-14-21(34-26(31)28-18)16(2)25-20(33-25)9-10-23(30)29(3)19-12-17(11-15)13-22(32-4)24(19)27/h5-7,12-13,16,18,20-21,25H,8-11,14H2,1-4H3,(H,28,31)/b6-5+,15-7+/t16-,18?,20?,21?,25+/m1/s1. The monoisotopic (exact) mass is 488 g/mol. The fraction of sp³-hybridized carbons (Fsp3) is 0.538. The molecule has 2 amide bonds. The van der Waals surface area contributed by atoms with Crippen LogP contribution in [0.4, 0.5) is 10.5 Å². The molecule has 3 aliphatic rings. The van der Waals surface area contributed by atoms with Gasteiger partial charge in [-0.25, -0.2) is 4.79 Å². The lowest BCUT2D eigenvalue weighted by molar-refractivity contribution is -0.118. The van der Waals surface area contributed by atoms with Crippen LogP contribution in [0.25, 0.3) is 0 Å². The number of benzene rings is 1. The SMILES string of the molecule is COc1cc2cc(c1Cl)N(C)C(=O)CCC1O[C@H]1[C@H](C)C1CC(C/C=C/C=C(\C)C2)NC(=O)O1. The van der Waals surface area contributed by atoms with Gasteiger partial charge in [-0.05, 0) is 43.9 Å². The van der Waals surface area contributed by atoms with Gasteiger partial charge in [0.05, 0.1) is 25.0 Å². The van der Waals surface area contributed by atoms with Gasteiger partial charge in [0, 0.05) is 31.8 Å². The maximum absolute atomic E-state index is 13.0. The normalized spacial score (nSPS) is 32.6. The Hall–Kier alpha value is -2.51. The second kappa shape index (κ2) is 10.4. The smallest absolute Gasteiger partial charge is 0.407 e. The first-order valence-electron chi connectivity index (χ1n) is 11.8. The number of methoxy groups -OCH3 is 1. The van der Waals surface area contributed by atoms with Gasteiger partial charge in [0.25, 0.3) is 0 Å². The highest BCUT2D eigenvalue weighted by molar-refractivity contribution is 6.35. The number of rotatable bonds is 1. The van der Waals surface area contributed by atoms with Crippen molar-refractivity contribution in [3.05, 3.63) is 46.5 Å². The van der Waals surface area contributed by atoms with Gasteiger partial charge in [0.15, 0.2) is 0 Å². The molecule has 2 saturated heterocycles. The van der Waals surface area contributed by atoms with Gasteiger partial charge in [-0.2, -0.15) is 0 Å². The molecule has 0 aromatic heterocycles. The number of amides is 2. The van der Waals surface area contributed by atoms with Gasteiger partial charge in [0.2, 0.25) is 5.91 Å². The lowest BCUT2D eigenvalue weighted by atomic mass is 9.90. The molecular formula is C26H33ClN2O5. The minimum Gasteiger partial charge on any atom is -0.495 e. The van der Waals surface area contributed by atoms with Crippen LogP contribution >= 0.6 is 11.6 Å². The number of allylic oxidation sites excluding steroid dienone is 3. The topological polar surface area (TPSA) is 80.4 Å². The van der Waals surface area contributed by atoms with Gasteiger partial charge >= 0.3 is 6.09 Å². The number of carbonyl (C=O) groups excluding carboxylic acids is 2. The number of carbonyl (C=O) groups is 2. The zero-order valence-electron chi connectivity index (χ0n) is 20.2. The van der Waals surface area contributed by atoms with E-state index in [9.17, 15) is 9.59 Å². The van der Waals surface area contributed by atoms with Crippen LogP contribution in [0.1, 0.15) is 45.1 Å². The molecule has 1 N–H and O–H groups in total. The predicted octanol–water partition coefficient (Wildman–Crippen LogP) is 4.81. The van der Waals surface area contributed by atoms with Crippen molar-refractivity contribution < 1.29 is 23.8 Å². The van der Waals surface area contributed by atoms with Crippen LogP contribution in [-0.4, -0.2) is 50.5 Å². The van der Waals surface area contributed by atoms with Gasteiger partial charge < -0.3 is 24.4 Å². The lowest BCUT2D eigenvalue weighted by Crippen LogP contribution is -2.48. The molecule has 8 heteroatoms. The Kier molecular flexibility index (Phi) is 7.53. The second-order valence-electron chi connectivity index (χ2n) is 9.50. The number of hydrogen-bond acceptors (Lipinski definition) is 5. The molecule has 0 radical (unpaired) electrons. The van der Waals surface area contributed by atoms with E-state index in [1.807, 2.05) is 18.2 Å². The Labute approximate surface area is 206 Å². The summed E-state index contributed by atoms with van der Waals surface area (Å²) in [6.45, 7) is 4.11. The van der Waals surface area contributed by atoms with Gasteiger partial charge in [-0.15, -0.1) is 0 Å². The summed E-state index contributed by atoms with van der Waals surface area (Å²) in [5.74, 6) is 0.574. The number of halogens is 1. The third-order valence-electron chi connectivity index (χ3n) is 6.92. The van der Waals surface area contributed by atoms with Crippen LogP contribution in [0.15, 0.2) is 35.9 Å². The van der Waals surface area contributed by atoms with Crippen molar-refractivity contribution in [2.24, 2.45) is 5.92 Å². The number of fused-ring (bicyclic) bond motifs is 5. The Morgan fingerprint density at radius 2 is 2.03 bits per heavy atom. The van der Waals surface area contributed by atoms with E-state index in [1.54, 1.807) is 19.1 Å². The maximum Gasteiger partial charge on any atom is 0.407 e. The van der Waals surface area contributed by atoms with Crippen LogP contribution in [0.3, 0.4) is 0 Å². The van der Waals surface area contributed by atoms with Crippen molar-refractivity contribution in [2.75, 3.05) is 19.1 Å². The molecule has 0 aliphatic carbocycles. The number of nitrogens with one attached hydrogen (secondary N) is 1. The van der Waals surface area contributed by atoms with Crippen LogP contribution < -0.4 is 15.0 Å². The van der Waals surface area contributed by atoms with Crippen molar-refractivity contribution in [3.63, 3.8) is 0 Å². The predicted molar refractivity (Wildman–Crippen MR) is 132 cm³/mol. The van der Waals surface area contributed by atoms with Crippen LogP contribution in [0.5, 0.6) is 5.75 Å². The molecule has 3 heterocycles. The molecule has 5 atom stereocenters. The molecule has 3 aliphatic heterocycles. The lowest BCUT2D eigenvalue weighted by Gasteiger charge is -2.32. The fourth-order valence-electron chi connectivity index (χ4n) is 4.82. The number of alkyl carbamates (subject to hydrolysis) is 1. The van der Waals surface area contributed by atoms with E-state index in [-0.39, 0.29) is 42.3 Å². The zero-order valence-corrected chi connectivity index (χ0v) is 20.9. The van der Waals surface area contributed by atoms with Gasteiger partial charge in [-0.1, -0.05) is 42.3 Å². The van der Waals surface area contributed by atoms with E-state index >= 15 is 0 Å². The van der Waals surface area contributed by atoms with Crippen molar-refractivity contribution in [1.82, 2.24) is 5.32 Å². The Bertz CT molecular complexity index is 1010. The first-order chi connectivity index (χ1) is 16.3. The van der Waals surface area contributed by atoms with Crippen molar-refractivity contribution in [1.29, 1.82) is 0 Å². The van der Waals surface area contributed by atoms with Crippen molar-refractivity contribution in [3.8, 4) is 5.75 Å². The summed E-state index contributed by atoms with van der Waals surface area (Å²) < 4.78 is 16.9. The summed E-state index contributed by atoms with van der Waals surface area (Å²) in [6, 6.07) is 3.89. The quantitative estimate of drug-likeness (QED) is 0.574. The number of nitrogens with zero attached hydrogens (tertiary/aromatic N) is 1. The molecule has 4 bridgehead atoms. The van der Waals surface area contributed by atoms with Gasteiger partial charge in [0.1, 0.15) is 16.9 Å². The van der Waals surface area contributed by atoms with E-state index in [0.29, 0.717) is 35.7 Å². The number of hydrogen-bond donors (Lipinski definition) is 1. The summed E-state index contributed by atoms with van der Waals surface area (Å²) in [5.41, 5.74) is 2.80. The fourth-order valence-corrected chi connectivity index (χ4v) is 5.14. The number of ether oxygens (including phenoxy) is 3. The largest absolute Gasteiger partial charge is 0.495 e. The minimum absolute atomic E-state index is 0.00938.